The van der Waals surface area contributed by atoms with Crippen LogP contribution in [0, 0.1) is 0 Å². The third kappa shape index (κ3) is 3.68. The second-order valence-electron chi connectivity index (χ2n) is 2.92. The fraction of sp³-hybridized carbons (Fsp3) is 0. The number of phenols is 1. The number of rotatable bonds is 1. The minimum absolute atomic E-state index is 0. The van der Waals surface area contributed by atoms with Gasteiger partial charge in [-0.2, -0.15) is 0 Å². The quantitative estimate of drug-likeness (QED) is 0.667. The van der Waals surface area contributed by atoms with Crippen molar-refractivity contribution in [1.82, 2.24) is 0 Å². The van der Waals surface area contributed by atoms with Crippen LogP contribution in [0.1, 0.15) is 0 Å². The van der Waals surface area contributed by atoms with Crippen LogP contribution in [0.4, 0.5) is 0 Å². The van der Waals surface area contributed by atoms with Crippen LogP contribution in [-0.2, 0) is 0 Å². The zero-order chi connectivity index (χ0) is 9.10. The Morgan fingerprint density at radius 1 is 0.733 bits per heavy atom. The van der Waals surface area contributed by atoms with E-state index in [1.165, 1.54) is 0 Å². The molecule has 0 aliphatic heterocycles. The maximum absolute atomic E-state index is 9.27. The van der Waals surface area contributed by atoms with Crippen molar-refractivity contribution in [1.29, 1.82) is 0 Å². The molecule has 2 aromatic rings. The van der Waals surface area contributed by atoms with Crippen molar-refractivity contribution in [3.63, 3.8) is 0 Å². The normalized spacial score (nSPS) is 8.53. The summed E-state index contributed by atoms with van der Waals surface area (Å²) in [4.78, 5) is 0. The van der Waals surface area contributed by atoms with Gasteiger partial charge in [-0.15, -0.1) is 0 Å². The molecule has 15 heavy (non-hydrogen) atoms. The van der Waals surface area contributed by atoms with Gasteiger partial charge in [-0.1, -0.05) is 42.5 Å². The molecule has 0 fully saturated rings. The van der Waals surface area contributed by atoms with Gasteiger partial charge in [0.25, 0.3) is 0 Å². The summed E-state index contributed by atoms with van der Waals surface area (Å²) in [6.07, 6.45) is 0. The van der Waals surface area contributed by atoms with Crippen molar-refractivity contribution < 1.29 is 40.1 Å². The summed E-state index contributed by atoms with van der Waals surface area (Å²) < 4.78 is 0. The Labute approximate surface area is 111 Å². The molecule has 0 saturated heterocycles. The van der Waals surface area contributed by atoms with Gasteiger partial charge in [0.2, 0.25) is 0 Å². The Bertz CT molecular complexity index is 401. The van der Waals surface area contributed by atoms with Crippen LogP contribution in [-0.4, -0.2) is 10.6 Å². The minimum atomic E-state index is 0. The monoisotopic (exact) mass is 210 g/mol. The van der Waals surface area contributed by atoms with Gasteiger partial charge in [0.05, 0.1) is 0 Å². The molecule has 2 rings (SSSR count). The standard InChI is InChI=1S/C12H10O.Na.H2O/c13-12-8-4-7-11(9-12)10-5-2-1-3-6-10;;/h1-9,13H;;1H2/q;+1;/p-1. The molecule has 0 spiro atoms. The van der Waals surface area contributed by atoms with E-state index in [9.17, 15) is 5.11 Å². The van der Waals surface area contributed by atoms with E-state index in [-0.39, 0.29) is 35.0 Å². The van der Waals surface area contributed by atoms with Crippen LogP contribution < -0.4 is 29.6 Å². The SMILES string of the molecule is Oc1cccc(-c2ccccc2)c1.[Na+].[OH-]. The zero-order valence-corrected chi connectivity index (χ0v) is 10.6. The number of hydrogen-bond donors (Lipinski definition) is 1. The Hall–Kier alpha value is -0.800. The van der Waals surface area contributed by atoms with E-state index in [2.05, 4.69) is 0 Å². The molecule has 0 amide bonds. The average molecular weight is 210 g/mol. The van der Waals surface area contributed by atoms with Crippen molar-refractivity contribution in [2.24, 2.45) is 0 Å². The van der Waals surface area contributed by atoms with Crippen molar-refractivity contribution in [2.75, 3.05) is 0 Å². The third-order valence-corrected chi connectivity index (χ3v) is 1.95. The summed E-state index contributed by atoms with van der Waals surface area (Å²) in [5.74, 6) is 0.307. The Balaban J connectivity index is 0.000000980. The molecular formula is C12H11NaO2. The first-order valence-corrected chi connectivity index (χ1v) is 4.21. The molecule has 2 aromatic carbocycles. The first-order valence-electron chi connectivity index (χ1n) is 4.21. The van der Waals surface area contributed by atoms with Crippen molar-refractivity contribution >= 4 is 0 Å². The van der Waals surface area contributed by atoms with Gasteiger partial charge in [-0.25, -0.2) is 0 Å². The first kappa shape index (κ1) is 14.2. The van der Waals surface area contributed by atoms with E-state index in [1.54, 1.807) is 12.1 Å². The fourth-order valence-electron chi connectivity index (χ4n) is 1.32. The molecule has 2 N–H and O–H groups in total. The number of phenolic OH excluding ortho intramolecular Hbond substituents is 1. The van der Waals surface area contributed by atoms with E-state index in [4.69, 9.17) is 0 Å². The van der Waals surface area contributed by atoms with E-state index in [1.807, 2.05) is 42.5 Å². The van der Waals surface area contributed by atoms with Crippen molar-refractivity contribution in [3.05, 3.63) is 54.6 Å². The third-order valence-electron chi connectivity index (χ3n) is 1.95. The van der Waals surface area contributed by atoms with Crippen molar-refractivity contribution in [3.8, 4) is 16.9 Å². The molecule has 0 saturated carbocycles. The summed E-state index contributed by atoms with van der Waals surface area (Å²) in [5.41, 5.74) is 2.17. The molecule has 0 radical (unpaired) electrons. The molecule has 3 heteroatoms. The van der Waals surface area contributed by atoms with Gasteiger partial charge in [0.15, 0.2) is 0 Å². The zero-order valence-electron chi connectivity index (χ0n) is 8.59. The van der Waals surface area contributed by atoms with Crippen LogP contribution in [0.15, 0.2) is 54.6 Å². The van der Waals surface area contributed by atoms with E-state index in [0.717, 1.165) is 11.1 Å². The van der Waals surface area contributed by atoms with Crippen LogP contribution in [0.2, 0.25) is 0 Å². The maximum atomic E-state index is 9.27. The van der Waals surface area contributed by atoms with Crippen molar-refractivity contribution in [2.45, 2.75) is 0 Å². The summed E-state index contributed by atoms with van der Waals surface area (Å²) in [7, 11) is 0. The number of hydrogen-bond acceptors (Lipinski definition) is 2. The van der Waals surface area contributed by atoms with Gasteiger partial charge in [0.1, 0.15) is 5.75 Å². The molecule has 0 bridgehead atoms. The van der Waals surface area contributed by atoms with Gasteiger partial charge < -0.3 is 10.6 Å². The van der Waals surface area contributed by atoms with Crippen LogP contribution in [0.25, 0.3) is 11.1 Å². The summed E-state index contributed by atoms with van der Waals surface area (Å²) >= 11 is 0. The minimum Gasteiger partial charge on any atom is -0.870 e. The molecule has 72 valence electrons. The summed E-state index contributed by atoms with van der Waals surface area (Å²) in [6, 6.07) is 17.3. The Morgan fingerprint density at radius 3 is 1.93 bits per heavy atom. The van der Waals surface area contributed by atoms with Gasteiger partial charge in [-0.3, -0.25) is 0 Å². The molecule has 0 aliphatic carbocycles. The topological polar surface area (TPSA) is 50.2 Å². The smallest absolute Gasteiger partial charge is 0.870 e. The number of benzene rings is 2. The van der Waals surface area contributed by atoms with Gasteiger partial charge in [-0.05, 0) is 23.3 Å². The predicted octanol–water partition coefficient (Wildman–Crippen LogP) is -0.114. The second kappa shape index (κ2) is 6.64. The maximum Gasteiger partial charge on any atom is 1.00 e. The molecule has 0 atom stereocenters. The molecule has 0 heterocycles. The molecule has 0 aliphatic rings. The van der Waals surface area contributed by atoms with Gasteiger partial charge in [0, 0.05) is 0 Å². The van der Waals surface area contributed by atoms with E-state index >= 15 is 0 Å². The Kier molecular flexibility index (Phi) is 6.29. The van der Waals surface area contributed by atoms with Crippen LogP contribution in [0.5, 0.6) is 5.75 Å². The second-order valence-corrected chi connectivity index (χ2v) is 2.92. The Morgan fingerprint density at radius 2 is 1.33 bits per heavy atom. The molecule has 0 aromatic heterocycles. The molecule has 0 unspecified atom stereocenters. The predicted molar refractivity (Wildman–Crippen MR) is 55.5 cm³/mol. The fourth-order valence-corrected chi connectivity index (χ4v) is 1.32. The summed E-state index contributed by atoms with van der Waals surface area (Å²) in [5, 5.41) is 9.27. The van der Waals surface area contributed by atoms with E-state index < -0.39 is 0 Å². The van der Waals surface area contributed by atoms with Gasteiger partial charge >= 0.3 is 29.6 Å². The van der Waals surface area contributed by atoms with Crippen LogP contribution in [0.3, 0.4) is 0 Å². The van der Waals surface area contributed by atoms with Crippen LogP contribution >= 0.6 is 0 Å². The number of aromatic hydroxyl groups is 1. The molecule has 2 nitrogen and oxygen atoms in total. The first-order chi connectivity index (χ1) is 6.36. The molecular weight excluding hydrogens is 199 g/mol. The largest absolute Gasteiger partial charge is 1.00 e. The average Bonchev–Trinajstić information content (AvgIpc) is 2.19. The van der Waals surface area contributed by atoms with E-state index in [0.29, 0.717) is 5.75 Å². The summed E-state index contributed by atoms with van der Waals surface area (Å²) in [6.45, 7) is 0.